The second-order valence-corrected chi connectivity index (χ2v) is 4.98. The van der Waals surface area contributed by atoms with E-state index in [1.807, 2.05) is 0 Å². The minimum Gasteiger partial charge on any atom is -0.477 e. The Hall–Kier alpha value is -2.15. The van der Waals surface area contributed by atoms with Crippen molar-refractivity contribution < 1.29 is 19.1 Å². The van der Waals surface area contributed by atoms with E-state index in [1.54, 1.807) is 19.9 Å². The quantitative estimate of drug-likeness (QED) is 0.893. The molecule has 0 unspecified atom stereocenters. The molecule has 0 radical (unpaired) electrons. The van der Waals surface area contributed by atoms with Crippen LogP contribution in [0, 0.1) is 13.8 Å². The van der Waals surface area contributed by atoms with Crippen LogP contribution in [0.5, 0.6) is 0 Å². The molecule has 7 heteroatoms. The third kappa shape index (κ3) is 2.82. The van der Waals surface area contributed by atoms with E-state index in [0.717, 1.165) is 11.3 Å². The molecule has 0 saturated carbocycles. The van der Waals surface area contributed by atoms with Crippen LogP contribution < -0.4 is 5.32 Å². The lowest BCUT2D eigenvalue weighted by atomic mass is 10.2. The maximum atomic E-state index is 11.8. The first-order chi connectivity index (χ1) is 8.99. The number of nitrogens with one attached hydrogen (secondary N) is 1. The molecular weight excluding hydrogens is 268 g/mol. The molecule has 0 atom stereocenters. The Morgan fingerprint density at radius 3 is 2.74 bits per heavy atom. The van der Waals surface area contributed by atoms with Gasteiger partial charge in [0.1, 0.15) is 15.6 Å². The Labute approximate surface area is 113 Å². The van der Waals surface area contributed by atoms with E-state index in [4.69, 9.17) is 9.52 Å². The molecule has 0 aliphatic carbocycles. The predicted molar refractivity (Wildman–Crippen MR) is 68.4 cm³/mol. The number of nitrogens with zero attached hydrogens (tertiary/aromatic N) is 1. The van der Waals surface area contributed by atoms with Crippen LogP contribution in [0.4, 0.5) is 0 Å². The number of hydrogen-bond donors (Lipinski definition) is 2. The van der Waals surface area contributed by atoms with Crippen molar-refractivity contribution in [2.24, 2.45) is 0 Å². The second-order valence-electron chi connectivity index (χ2n) is 3.90. The van der Waals surface area contributed by atoms with Crippen LogP contribution in [0.1, 0.15) is 36.5 Å². The van der Waals surface area contributed by atoms with E-state index in [-0.39, 0.29) is 17.3 Å². The van der Waals surface area contributed by atoms with Gasteiger partial charge in [-0.25, -0.2) is 9.78 Å². The van der Waals surface area contributed by atoms with Crippen molar-refractivity contribution in [2.45, 2.75) is 20.4 Å². The third-order valence-corrected chi connectivity index (χ3v) is 3.68. The largest absolute Gasteiger partial charge is 0.477 e. The molecule has 0 saturated heterocycles. The second kappa shape index (κ2) is 5.23. The summed E-state index contributed by atoms with van der Waals surface area (Å²) in [6.45, 7) is 3.53. The van der Waals surface area contributed by atoms with E-state index in [0.29, 0.717) is 22.0 Å². The molecule has 2 aromatic rings. The first-order valence-corrected chi connectivity index (χ1v) is 6.32. The number of aryl methyl sites for hydroxylation is 2. The van der Waals surface area contributed by atoms with Crippen molar-refractivity contribution in [3.05, 3.63) is 39.2 Å². The van der Waals surface area contributed by atoms with Crippen LogP contribution in [0.25, 0.3) is 0 Å². The molecule has 100 valence electrons. The topological polar surface area (TPSA) is 92.4 Å². The van der Waals surface area contributed by atoms with Gasteiger partial charge in [0.25, 0.3) is 5.91 Å². The smallest absolute Gasteiger partial charge is 0.347 e. The molecular formula is C12H12N2O4S. The fourth-order valence-corrected chi connectivity index (χ4v) is 2.44. The van der Waals surface area contributed by atoms with E-state index in [2.05, 4.69) is 10.3 Å². The zero-order valence-electron chi connectivity index (χ0n) is 10.4. The Kier molecular flexibility index (Phi) is 3.66. The van der Waals surface area contributed by atoms with Crippen LogP contribution >= 0.6 is 11.3 Å². The summed E-state index contributed by atoms with van der Waals surface area (Å²) < 4.78 is 5.04. The number of hydrogen-bond acceptors (Lipinski definition) is 5. The third-order valence-electron chi connectivity index (χ3n) is 2.54. The molecule has 0 spiro atoms. The zero-order valence-corrected chi connectivity index (χ0v) is 11.2. The molecule has 2 N–H and O–H groups in total. The average Bonchev–Trinajstić information content (AvgIpc) is 2.92. The SMILES string of the molecule is Cc1nc(CNC(=O)c2ccoc2C)sc1C(=O)O. The highest BCUT2D eigenvalue weighted by Crippen LogP contribution is 2.18. The molecule has 0 bridgehead atoms. The van der Waals surface area contributed by atoms with Gasteiger partial charge in [-0.3, -0.25) is 4.79 Å². The van der Waals surface area contributed by atoms with Gasteiger partial charge in [0, 0.05) is 0 Å². The fourth-order valence-electron chi connectivity index (χ4n) is 1.60. The standard InChI is InChI=1S/C12H12N2O4S/c1-6-10(12(16)17)19-9(14-6)5-13-11(15)8-3-4-18-7(8)2/h3-4H,5H2,1-2H3,(H,13,15)(H,16,17). The number of carbonyl (C=O) groups excluding carboxylic acids is 1. The van der Waals surface area contributed by atoms with Gasteiger partial charge >= 0.3 is 5.97 Å². The maximum absolute atomic E-state index is 11.8. The number of carbonyl (C=O) groups is 2. The van der Waals surface area contributed by atoms with Crippen molar-refractivity contribution in [3.8, 4) is 0 Å². The van der Waals surface area contributed by atoms with E-state index in [9.17, 15) is 9.59 Å². The summed E-state index contributed by atoms with van der Waals surface area (Å²) >= 11 is 1.06. The summed E-state index contributed by atoms with van der Waals surface area (Å²) in [5.74, 6) is -0.728. The average molecular weight is 280 g/mol. The fraction of sp³-hybridized carbons (Fsp3) is 0.250. The lowest BCUT2D eigenvalue weighted by Gasteiger charge is -2.01. The number of rotatable bonds is 4. The summed E-state index contributed by atoms with van der Waals surface area (Å²) in [5, 5.41) is 12.2. The summed E-state index contributed by atoms with van der Waals surface area (Å²) in [5.41, 5.74) is 0.924. The summed E-state index contributed by atoms with van der Waals surface area (Å²) in [4.78, 5) is 27.0. The van der Waals surface area contributed by atoms with Crippen molar-refractivity contribution in [1.82, 2.24) is 10.3 Å². The zero-order chi connectivity index (χ0) is 14.0. The van der Waals surface area contributed by atoms with Crippen molar-refractivity contribution >= 4 is 23.2 Å². The normalized spacial score (nSPS) is 10.4. The minimum absolute atomic E-state index is 0.197. The molecule has 2 rings (SSSR count). The predicted octanol–water partition coefficient (Wildman–Crippen LogP) is 1.98. The van der Waals surface area contributed by atoms with Crippen LogP contribution in [-0.2, 0) is 6.54 Å². The molecule has 19 heavy (non-hydrogen) atoms. The van der Waals surface area contributed by atoms with Gasteiger partial charge in [0.05, 0.1) is 24.1 Å². The Bertz CT molecular complexity index is 629. The highest BCUT2D eigenvalue weighted by Gasteiger charge is 2.15. The van der Waals surface area contributed by atoms with Gasteiger partial charge in [-0.15, -0.1) is 11.3 Å². The Morgan fingerprint density at radius 2 is 2.21 bits per heavy atom. The first kappa shape index (κ1) is 13.3. The summed E-state index contributed by atoms with van der Waals surface area (Å²) in [7, 11) is 0. The van der Waals surface area contributed by atoms with E-state index < -0.39 is 5.97 Å². The highest BCUT2D eigenvalue weighted by atomic mass is 32.1. The first-order valence-electron chi connectivity index (χ1n) is 5.51. The van der Waals surface area contributed by atoms with Gasteiger partial charge in [-0.1, -0.05) is 0 Å². The van der Waals surface area contributed by atoms with Crippen LogP contribution in [0.2, 0.25) is 0 Å². The van der Waals surface area contributed by atoms with E-state index >= 15 is 0 Å². The lowest BCUT2D eigenvalue weighted by molar-refractivity contribution is 0.0701. The number of aromatic nitrogens is 1. The molecule has 6 nitrogen and oxygen atoms in total. The van der Waals surface area contributed by atoms with Crippen molar-refractivity contribution in [3.63, 3.8) is 0 Å². The van der Waals surface area contributed by atoms with Gasteiger partial charge in [-0.2, -0.15) is 0 Å². The number of amides is 1. The van der Waals surface area contributed by atoms with Crippen molar-refractivity contribution in [1.29, 1.82) is 0 Å². The molecule has 2 aromatic heterocycles. The molecule has 1 amide bonds. The van der Waals surface area contributed by atoms with Crippen LogP contribution in [-0.4, -0.2) is 22.0 Å². The molecule has 2 heterocycles. The molecule has 0 aromatic carbocycles. The van der Waals surface area contributed by atoms with Crippen LogP contribution in [0.3, 0.4) is 0 Å². The van der Waals surface area contributed by atoms with Crippen LogP contribution in [0.15, 0.2) is 16.7 Å². The number of aromatic carboxylic acids is 1. The highest BCUT2D eigenvalue weighted by molar-refractivity contribution is 7.13. The lowest BCUT2D eigenvalue weighted by Crippen LogP contribution is -2.22. The Balaban J connectivity index is 2.03. The van der Waals surface area contributed by atoms with Gasteiger partial charge in [0.15, 0.2) is 0 Å². The number of thiazole rings is 1. The van der Waals surface area contributed by atoms with Crippen molar-refractivity contribution in [2.75, 3.05) is 0 Å². The molecule has 0 aliphatic rings. The minimum atomic E-state index is -1.00. The number of carboxylic acids is 1. The molecule has 0 aliphatic heterocycles. The van der Waals surface area contributed by atoms with Gasteiger partial charge < -0.3 is 14.8 Å². The number of furan rings is 1. The maximum Gasteiger partial charge on any atom is 0.347 e. The van der Waals surface area contributed by atoms with Gasteiger partial charge in [0.2, 0.25) is 0 Å². The van der Waals surface area contributed by atoms with E-state index in [1.165, 1.54) is 6.26 Å². The summed E-state index contributed by atoms with van der Waals surface area (Å²) in [6, 6.07) is 1.58. The molecule has 0 fully saturated rings. The number of carboxylic acid groups (broad SMARTS) is 1. The monoisotopic (exact) mass is 280 g/mol. The Morgan fingerprint density at radius 1 is 1.47 bits per heavy atom. The summed E-state index contributed by atoms with van der Waals surface area (Å²) in [6.07, 6.45) is 1.44. The van der Waals surface area contributed by atoms with Gasteiger partial charge in [-0.05, 0) is 19.9 Å².